The van der Waals surface area contributed by atoms with Gasteiger partial charge in [0.1, 0.15) is 17.7 Å². The first-order chi connectivity index (χ1) is 8.28. The summed E-state index contributed by atoms with van der Waals surface area (Å²) in [6.45, 7) is 0.536. The summed E-state index contributed by atoms with van der Waals surface area (Å²) < 4.78 is 54.5. The van der Waals surface area contributed by atoms with Crippen molar-refractivity contribution in [2.75, 3.05) is 13.1 Å². The lowest BCUT2D eigenvalue weighted by Crippen LogP contribution is -2.35. The monoisotopic (exact) mass is 329 g/mol. The summed E-state index contributed by atoms with van der Waals surface area (Å²) in [5, 5.41) is 2.22. The van der Waals surface area contributed by atoms with Gasteiger partial charge in [0.2, 0.25) is 0 Å². The zero-order valence-electron chi connectivity index (χ0n) is 9.52. The number of halogens is 5. The van der Waals surface area contributed by atoms with Gasteiger partial charge in [0, 0.05) is 12.6 Å². The van der Waals surface area contributed by atoms with Crippen molar-refractivity contribution in [3.63, 3.8) is 0 Å². The van der Waals surface area contributed by atoms with Crippen LogP contribution in [0, 0.1) is 5.82 Å². The minimum absolute atomic E-state index is 0.0163. The van der Waals surface area contributed by atoms with E-state index in [0.717, 1.165) is 0 Å². The molecule has 102 valence electrons. The van der Waals surface area contributed by atoms with Gasteiger partial charge in [-0.15, -0.1) is 0 Å². The molecule has 0 radical (unpaired) electrons. The Morgan fingerprint density at radius 3 is 2.67 bits per heavy atom. The van der Waals surface area contributed by atoms with E-state index < -0.39 is 24.6 Å². The highest BCUT2D eigenvalue weighted by Crippen LogP contribution is 2.26. The largest absolute Gasteiger partial charge is 0.488 e. The first kappa shape index (κ1) is 15.2. The lowest BCUT2D eigenvalue weighted by Gasteiger charge is -2.17. The third-order valence-corrected chi connectivity index (χ3v) is 2.63. The van der Waals surface area contributed by atoms with Crippen molar-refractivity contribution < 1.29 is 22.3 Å². The fourth-order valence-electron chi connectivity index (χ4n) is 1.24. The van der Waals surface area contributed by atoms with Crippen molar-refractivity contribution in [3.8, 4) is 5.75 Å². The standard InChI is InChI=1S/C11H12BrF4NO/c1-7(5-17-6-11(14,15)16)18-10-4-8(13)2-3-9(10)12/h2-4,7,17H,5-6H2,1H3. The molecule has 1 aromatic rings. The predicted octanol–water partition coefficient (Wildman–Crippen LogP) is 3.51. The topological polar surface area (TPSA) is 21.3 Å². The first-order valence-corrected chi connectivity index (χ1v) is 5.96. The summed E-state index contributed by atoms with van der Waals surface area (Å²) >= 11 is 3.17. The summed E-state index contributed by atoms with van der Waals surface area (Å²) in [6.07, 6.45) is -4.76. The molecule has 18 heavy (non-hydrogen) atoms. The van der Waals surface area contributed by atoms with Crippen molar-refractivity contribution in [1.82, 2.24) is 5.32 Å². The van der Waals surface area contributed by atoms with E-state index >= 15 is 0 Å². The summed E-state index contributed by atoms with van der Waals surface area (Å²) in [5.74, 6) is -0.208. The molecule has 0 bridgehead atoms. The van der Waals surface area contributed by atoms with Crippen LogP contribution in [0.15, 0.2) is 22.7 Å². The van der Waals surface area contributed by atoms with Crippen LogP contribution in [0.4, 0.5) is 17.6 Å². The van der Waals surface area contributed by atoms with Crippen molar-refractivity contribution in [2.24, 2.45) is 0 Å². The van der Waals surface area contributed by atoms with E-state index in [2.05, 4.69) is 21.2 Å². The van der Waals surface area contributed by atoms with E-state index in [1.54, 1.807) is 6.92 Å². The van der Waals surface area contributed by atoms with Gasteiger partial charge >= 0.3 is 6.18 Å². The fourth-order valence-corrected chi connectivity index (χ4v) is 1.58. The van der Waals surface area contributed by atoms with Crippen molar-refractivity contribution in [1.29, 1.82) is 0 Å². The Kier molecular flexibility index (Phi) is 5.40. The van der Waals surface area contributed by atoms with E-state index in [4.69, 9.17) is 4.74 Å². The number of rotatable bonds is 5. The second-order valence-electron chi connectivity index (χ2n) is 3.75. The normalized spacial score (nSPS) is 13.4. The molecular weight excluding hydrogens is 318 g/mol. The maximum Gasteiger partial charge on any atom is 0.401 e. The summed E-state index contributed by atoms with van der Waals surface area (Å²) in [5.41, 5.74) is 0. The molecule has 0 aliphatic rings. The smallest absolute Gasteiger partial charge is 0.401 e. The van der Waals surface area contributed by atoms with Crippen LogP contribution in [0.2, 0.25) is 0 Å². The second-order valence-corrected chi connectivity index (χ2v) is 4.60. The lowest BCUT2D eigenvalue weighted by molar-refractivity contribution is -0.125. The van der Waals surface area contributed by atoms with Gasteiger partial charge in [-0.2, -0.15) is 13.2 Å². The van der Waals surface area contributed by atoms with Crippen molar-refractivity contribution >= 4 is 15.9 Å². The number of hydrogen-bond acceptors (Lipinski definition) is 2. The number of hydrogen-bond donors (Lipinski definition) is 1. The molecular formula is C11H12BrF4NO. The number of ether oxygens (including phenoxy) is 1. The number of alkyl halides is 3. The highest BCUT2D eigenvalue weighted by molar-refractivity contribution is 9.10. The Balaban J connectivity index is 2.44. The lowest BCUT2D eigenvalue weighted by atomic mass is 10.3. The molecule has 1 unspecified atom stereocenters. The van der Waals surface area contributed by atoms with Gasteiger partial charge in [-0.1, -0.05) is 0 Å². The minimum atomic E-state index is -4.25. The zero-order valence-corrected chi connectivity index (χ0v) is 11.1. The van der Waals surface area contributed by atoms with Crippen LogP contribution < -0.4 is 10.1 Å². The van der Waals surface area contributed by atoms with Crippen LogP contribution in [0.25, 0.3) is 0 Å². The van der Waals surface area contributed by atoms with Gasteiger partial charge in [-0.05, 0) is 35.0 Å². The first-order valence-electron chi connectivity index (χ1n) is 5.17. The number of benzene rings is 1. The minimum Gasteiger partial charge on any atom is -0.488 e. The second kappa shape index (κ2) is 6.38. The Morgan fingerprint density at radius 1 is 1.39 bits per heavy atom. The Morgan fingerprint density at radius 2 is 2.06 bits per heavy atom. The average molecular weight is 330 g/mol. The van der Waals surface area contributed by atoms with Gasteiger partial charge in [0.25, 0.3) is 0 Å². The molecule has 0 spiro atoms. The van der Waals surface area contributed by atoms with Crippen LogP contribution in [-0.4, -0.2) is 25.4 Å². The van der Waals surface area contributed by atoms with E-state index in [1.165, 1.54) is 18.2 Å². The number of nitrogens with one attached hydrogen (secondary N) is 1. The summed E-state index contributed by atoms with van der Waals surface area (Å²) in [7, 11) is 0. The molecule has 0 saturated heterocycles. The van der Waals surface area contributed by atoms with E-state index in [1.807, 2.05) is 0 Å². The Hall–Kier alpha value is -0.820. The van der Waals surface area contributed by atoms with E-state index in [-0.39, 0.29) is 12.3 Å². The molecule has 1 aromatic carbocycles. The van der Waals surface area contributed by atoms with Gasteiger partial charge in [-0.3, -0.25) is 0 Å². The Bertz CT molecular complexity index is 397. The third-order valence-electron chi connectivity index (χ3n) is 1.98. The van der Waals surface area contributed by atoms with Crippen LogP contribution in [0.5, 0.6) is 5.75 Å². The molecule has 1 atom stereocenters. The molecule has 2 nitrogen and oxygen atoms in total. The van der Waals surface area contributed by atoms with Crippen molar-refractivity contribution in [3.05, 3.63) is 28.5 Å². The Labute approximate surface area is 110 Å². The molecule has 0 amide bonds. The molecule has 1 N–H and O–H groups in total. The summed E-state index contributed by atoms with van der Waals surface area (Å²) in [4.78, 5) is 0. The highest BCUT2D eigenvalue weighted by Gasteiger charge is 2.26. The summed E-state index contributed by atoms with van der Waals surface area (Å²) in [6, 6.07) is 3.90. The molecule has 0 saturated carbocycles. The van der Waals surface area contributed by atoms with E-state index in [0.29, 0.717) is 4.47 Å². The molecule has 0 aromatic heterocycles. The van der Waals surface area contributed by atoms with Crippen LogP contribution in [-0.2, 0) is 0 Å². The van der Waals surface area contributed by atoms with Crippen LogP contribution >= 0.6 is 15.9 Å². The van der Waals surface area contributed by atoms with Crippen molar-refractivity contribution in [2.45, 2.75) is 19.2 Å². The molecule has 0 aliphatic heterocycles. The van der Waals surface area contributed by atoms with Gasteiger partial charge < -0.3 is 10.1 Å². The highest BCUT2D eigenvalue weighted by atomic mass is 79.9. The molecule has 1 rings (SSSR count). The maximum atomic E-state index is 12.9. The average Bonchev–Trinajstić information content (AvgIpc) is 2.21. The predicted molar refractivity (Wildman–Crippen MR) is 63.1 cm³/mol. The zero-order chi connectivity index (χ0) is 13.8. The van der Waals surface area contributed by atoms with E-state index in [9.17, 15) is 17.6 Å². The quantitative estimate of drug-likeness (QED) is 0.835. The van der Waals surface area contributed by atoms with Gasteiger partial charge in [0.05, 0.1) is 11.0 Å². The van der Waals surface area contributed by atoms with Crippen LogP contribution in [0.3, 0.4) is 0 Å². The molecule has 0 fully saturated rings. The van der Waals surface area contributed by atoms with Crippen LogP contribution in [0.1, 0.15) is 6.92 Å². The molecule has 7 heteroatoms. The maximum absolute atomic E-state index is 12.9. The fraction of sp³-hybridized carbons (Fsp3) is 0.455. The van der Waals surface area contributed by atoms with Gasteiger partial charge in [0.15, 0.2) is 0 Å². The SMILES string of the molecule is CC(CNCC(F)(F)F)Oc1cc(F)ccc1Br. The molecule has 0 aliphatic carbocycles. The molecule has 0 heterocycles. The van der Waals surface area contributed by atoms with Gasteiger partial charge in [-0.25, -0.2) is 4.39 Å². The third kappa shape index (κ3) is 5.68.